The van der Waals surface area contributed by atoms with E-state index in [1.54, 1.807) is 42.5 Å². The van der Waals surface area contributed by atoms with Gasteiger partial charge in [0.25, 0.3) is 10.1 Å². The van der Waals surface area contributed by atoms with Crippen molar-refractivity contribution in [1.29, 1.82) is 0 Å². The SMILES string of the molecule is CCCCCCCCCCCCCc1c(O)cccc1Oc1ccccc1S(=O)(=O)O.CCCCCCCCCCCCCc1c([O-])cccc1Oc1ccccc1S(=O)(=O)[O-].[Ca+2]. The molecule has 2 N–H and O–H groups in total. The van der Waals surface area contributed by atoms with E-state index in [-0.39, 0.29) is 65.6 Å². The molecule has 13 heteroatoms. The molecule has 0 aliphatic rings. The van der Waals surface area contributed by atoms with Crippen LogP contribution in [-0.2, 0) is 33.1 Å². The maximum atomic E-state index is 12.4. The average molecular weight is 935 g/mol. The number of unbranched alkanes of at least 4 members (excludes halogenated alkanes) is 20. The molecule has 0 aliphatic carbocycles. The Morgan fingerprint density at radius 3 is 1.25 bits per heavy atom. The molecule has 0 aliphatic heterocycles. The van der Waals surface area contributed by atoms with Crippen LogP contribution in [0.1, 0.15) is 166 Å². The molecule has 0 saturated heterocycles. The Morgan fingerprint density at radius 2 is 0.810 bits per heavy atom. The molecular formula is C50H70CaO10S2. The number of phenols is 1. The second-order valence-corrected chi connectivity index (χ2v) is 18.8. The number of aromatic hydroxyl groups is 1. The van der Waals surface area contributed by atoms with Gasteiger partial charge in [-0.2, -0.15) is 8.42 Å². The van der Waals surface area contributed by atoms with Crippen LogP contribution in [-0.4, -0.2) is 68.8 Å². The first-order valence-electron chi connectivity index (χ1n) is 22.9. The van der Waals surface area contributed by atoms with Gasteiger partial charge in [-0.25, -0.2) is 8.42 Å². The fourth-order valence-electron chi connectivity index (χ4n) is 7.45. The topological polar surface area (TPSA) is 173 Å². The first-order valence-corrected chi connectivity index (χ1v) is 25.8. The molecule has 0 amide bonds. The Hall–Kier alpha value is -2.84. The number of ether oxygens (including phenoxy) is 2. The Bertz CT molecular complexity index is 1940. The molecular weight excluding hydrogens is 865 g/mol. The van der Waals surface area contributed by atoms with Gasteiger partial charge in [0.15, 0.2) is 0 Å². The van der Waals surface area contributed by atoms with Crippen LogP contribution in [0.3, 0.4) is 0 Å². The van der Waals surface area contributed by atoms with Gasteiger partial charge in [-0.1, -0.05) is 185 Å². The van der Waals surface area contributed by atoms with Gasteiger partial charge >= 0.3 is 37.7 Å². The number of phenolic OH excluding ortho intramolecular Hbond substituents is 1. The van der Waals surface area contributed by atoms with Crippen LogP contribution in [0.4, 0.5) is 0 Å². The van der Waals surface area contributed by atoms with Gasteiger partial charge in [0.1, 0.15) is 43.8 Å². The predicted molar refractivity (Wildman–Crippen MR) is 251 cm³/mol. The standard InChI is InChI=1S/2C25H36O5S.Ca/c2*1-2-3-4-5-6-7-8-9-10-11-12-16-21-22(26)17-15-19-23(21)30-24-18-13-14-20-25(24)31(27,28)29;/h2*13-15,17-20,26H,2-12,16H2,1H3,(H,27,28,29);/q;;+2/p-2. The quantitative estimate of drug-likeness (QED) is 0.0291. The van der Waals surface area contributed by atoms with Crippen molar-refractivity contribution >= 4 is 58.0 Å². The molecule has 0 fully saturated rings. The molecule has 4 aromatic rings. The molecule has 0 radical (unpaired) electrons. The molecule has 0 unspecified atom stereocenters. The largest absolute Gasteiger partial charge is 2.00 e. The minimum atomic E-state index is -4.67. The maximum absolute atomic E-state index is 12.4. The van der Waals surface area contributed by atoms with Gasteiger partial charge < -0.3 is 24.2 Å². The summed E-state index contributed by atoms with van der Waals surface area (Å²) in [4.78, 5) is -0.717. The summed E-state index contributed by atoms with van der Waals surface area (Å²) < 4.78 is 78.6. The van der Waals surface area contributed by atoms with Gasteiger partial charge in [0.05, 0.1) is 4.90 Å². The first kappa shape index (κ1) is 56.3. The van der Waals surface area contributed by atoms with Crippen molar-refractivity contribution in [3.63, 3.8) is 0 Å². The summed E-state index contributed by atoms with van der Waals surface area (Å²) in [5.41, 5.74) is 1.18. The van der Waals surface area contributed by atoms with Crippen molar-refractivity contribution in [1.82, 2.24) is 0 Å². The second kappa shape index (κ2) is 31.9. The Balaban J connectivity index is 0.000000427. The summed E-state index contributed by atoms with van der Waals surface area (Å²) >= 11 is 0. The van der Waals surface area contributed by atoms with Crippen molar-refractivity contribution in [3.8, 4) is 34.5 Å². The molecule has 0 atom stereocenters. The zero-order valence-corrected chi connectivity index (χ0v) is 41.6. The van der Waals surface area contributed by atoms with E-state index in [0.29, 0.717) is 35.5 Å². The van der Waals surface area contributed by atoms with Crippen LogP contribution in [0, 0.1) is 0 Å². The van der Waals surface area contributed by atoms with Crippen LogP contribution in [0.25, 0.3) is 0 Å². The molecule has 4 aromatic carbocycles. The molecule has 63 heavy (non-hydrogen) atoms. The van der Waals surface area contributed by atoms with Crippen LogP contribution in [0.2, 0.25) is 0 Å². The zero-order valence-electron chi connectivity index (χ0n) is 37.7. The number of rotatable bonds is 30. The third-order valence-corrected chi connectivity index (χ3v) is 12.7. The smallest absolute Gasteiger partial charge is 0.872 e. The molecule has 10 nitrogen and oxygen atoms in total. The van der Waals surface area contributed by atoms with E-state index in [0.717, 1.165) is 32.1 Å². The number of para-hydroxylation sites is 2. The van der Waals surface area contributed by atoms with Gasteiger partial charge in [0, 0.05) is 5.56 Å². The summed E-state index contributed by atoms with van der Waals surface area (Å²) in [5.74, 6) is 0.707. The Labute approximate surface area is 408 Å². The predicted octanol–water partition coefficient (Wildman–Crippen LogP) is 13.2. The Morgan fingerprint density at radius 1 is 0.460 bits per heavy atom. The Kier molecular flexibility index (Phi) is 28.5. The molecule has 0 heterocycles. The van der Waals surface area contributed by atoms with Gasteiger partial charge in [-0.05, 0) is 73.7 Å². The van der Waals surface area contributed by atoms with E-state index in [1.165, 1.54) is 152 Å². The molecule has 4 rings (SSSR count). The monoisotopic (exact) mass is 934 g/mol. The minimum absolute atomic E-state index is 0. The van der Waals surface area contributed by atoms with Crippen molar-refractivity contribution in [2.45, 2.75) is 178 Å². The van der Waals surface area contributed by atoms with Gasteiger partial charge in [-0.3, -0.25) is 4.55 Å². The first-order chi connectivity index (χ1) is 29.9. The van der Waals surface area contributed by atoms with Crippen LogP contribution >= 0.6 is 0 Å². The minimum Gasteiger partial charge on any atom is -0.872 e. The molecule has 0 aromatic heterocycles. The third-order valence-electron chi connectivity index (χ3n) is 10.9. The van der Waals surface area contributed by atoms with Gasteiger partial charge in [0.2, 0.25) is 0 Å². The molecule has 0 saturated carbocycles. The molecule has 344 valence electrons. The fraction of sp³-hybridized carbons (Fsp3) is 0.520. The number of hydrogen-bond acceptors (Lipinski definition) is 9. The van der Waals surface area contributed by atoms with Crippen molar-refractivity contribution in [3.05, 3.63) is 96.1 Å². The summed E-state index contributed by atoms with van der Waals surface area (Å²) in [6, 6.07) is 21.3. The van der Waals surface area contributed by atoms with Crippen LogP contribution < -0.4 is 14.6 Å². The summed E-state index contributed by atoms with van der Waals surface area (Å²) in [5, 5.41) is 22.7. The molecule has 0 bridgehead atoms. The third kappa shape index (κ3) is 22.3. The second-order valence-electron chi connectivity index (χ2n) is 16.1. The van der Waals surface area contributed by atoms with Crippen molar-refractivity contribution in [2.75, 3.05) is 0 Å². The van der Waals surface area contributed by atoms with Gasteiger partial charge in [-0.15, -0.1) is 5.75 Å². The van der Waals surface area contributed by atoms with E-state index in [2.05, 4.69) is 13.8 Å². The van der Waals surface area contributed by atoms with E-state index in [1.807, 2.05) is 0 Å². The van der Waals surface area contributed by atoms with Crippen LogP contribution in [0.15, 0.2) is 94.7 Å². The zero-order chi connectivity index (χ0) is 45.1. The van der Waals surface area contributed by atoms with Crippen molar-refractivity contribution < 1.29 is 45.6 Å². The van der Waals surface area contributed by atoms with E-state index < -0.39 is 25.1 Å². The maximum Gasteiger partial charge on any atom is 2.00 e. The average Bonchev–Trinajstić information content (AvgIpc) is 3.23. The van der Waals surface area contributed by atoms with E-state index >= 15 is 0 Å². The van der Waals surface area contributed by atoms with E-state index in [9.17, 15) is 36.2 Å². The summed E-state index contributed by atoms with van der Waals surface area (Å²) in [6.45, 7) is 4.47. The fourth-order valence-corrected chi connectivity index (χ4v) is 8.66. The van der Waals surface area contributed by atoms with Crippen molar-refractivity contribution in [2.24, 2.45) is 0 Å². The molecule has 0 spiro atoms. The summed E-state index contributed by atoms with van der Waals surface area (Å²) in [7, 11) is -9.07. The number of hydrogen-bond donors (Lipinski definition) is 2. The number of benzene rings is 4. The van der Waals surface area contributed by atoms with E-state index in [4.69, 9.17) is 9.47 Å². The van der Waals surface area contributed by atoms with Crippen LogP contribution in [0.5, 0.6) is 34.5 Å². The normalized spacial score (nSPS) is 11.4. The summed E-state index contributed by atoms with van der Waals surface area (Å²) in [6.07, 6.45) is 28.3.